The maximum Gasteiger partial charge on any atom is 0.0574 e. The highest BCUT2D eigenvalue weighted by Crippen LogP contribution is 2.34. The van der Waals surface area contributed by atoms with Gasteiger partial charge in [-0.05, 0) is 47.7 Å². The summed E-state index contributed by atoms with van der Waals surface area (Å²) >= 11 is 0. The zero-order chi connectivity index (χ0) is 28.4. The lowest BCUT2D eigenvalue weighted by Crippen LogP contribution is -2.23. The first-order valence-corrected chi connectivity index (χ1v) is 16.6. The topological polar surface area (TPSA) is 24.7 Å². The van der Waals surface area contributed by atoms with Crippen LogP contribution in [0.1, 0.15) is 11.1 Å². The molecule has 0 saturated carbocycles. The highest BCUT2D eigenvalue weighted by atomic mass is 31.1. The average Bonchev–Trinajstić information content (AvgIpc) is 3.07. The molecule has 2 nitrogen and oxygen atoms in total. The Bertz CT molecular complexity index is 1560. The highest BCUT2D eigenvalue weighted by Gasteiger charge is 2.19. The van der Waals surface area contributed by atoms with Crippen LogP contribution < -0.4 is 31.8 Å². The third-order valence-corrected chi connectivity index (χ3v) is 11.9. The molecule has 0 N–H and O–H groups in total. The Morgan fingerprint density at radius 3 is 0.881 bits per heavy atom. The van der Waals surface area contributed by atoms with Crippen LogP contribution in [0.2, 0.25) is 0 Å². The van der Waals surface area contributed by atoms with Crippen molar-refractivity contribution in [2.45, 2.75) is 0 Å². The molecule has 0 unspecified atom stereocenters. The molecule has 0 aromatic heterocycles. The lowest BCUT2D eigenvalue weighted by molar-refractivity contribution is 1.27. The lowest BCUT2D eigenvalue weighted by atomic mass is 10.2. The van der Waals surface area contributed by atoms with Gasteiger partial charge in [0.25, 0.3) is 0 Å². The minimum Gasteiger partial charge on any atom is -0.158 e. The van der Waals surface area contributed by atoms with Gasteiger partial charge in [-0.15, -0.1) is 0 Å². The molecule has 0 amide bonds. The van der Waals surface area contributed by atoms with Crippen LogP contribution in [0.5, 0.6) is 0 Å². The minimum absolute atomic E-state index is 0.737. The number of nitrogens with zero attached hydrogens (tertiary/aromatic N) is 2. The summed E-state index contributed by atoms with van der Waals surface area (Å²) in [6, 6.07) is 60.1. The predicted molar refractivity (Wildman–Crippen MR) is 185 cm³/mol. The normalized spacial score (nSPS) is 11.6. The molecular weight excluding hydrogens is 546 g/mol. The lowest BCUT2D eigenvalue weighted by Gasteiger charge is -2.21. The Hall–Kier alpha value is -4.48. The summed E-state index contributed by atoms with van der Waals surface area (Å²) in [5.41, 5.74) is 2.16. The fraction of sp³-hybridized carbons (Fsp3) is 0. The van der Waals surface area contributed by atoms with Crippen molar-refractivity contribution in [1.29, 1.82) is 0 Å². The Morgan fingerprint density at radius 1 is 0.310 bits per heavy atom. The predicted octanol–water partition coefficient (Wildman–Crippen LogP) is 6.66. The van der Waals surface area contributed by atoms with E-state index in [2.05, 4.69) is 180 Å². The second-order valence-corrected chi connectivity index (χ2v) is 14.0. The summed E-state index contributed by atoms with van der Waals surface area (Å²) in [5.74, 6) is 0. The van der Waals surface area contributed by atoms with Crippen LogP contribution in [-0.2, 0) is 0 Å². The van der Waals surface area contributed by atoms with Crippen molar-refractivity contribution in [1.82, 2.24) is 0 Å². The molecule has 0 atom stereocenters. The van der Waals surface area contributed by atoms with Crippen molar-refractivity contribution in [3.8, 4) is 0 Å². The molecule has 0 heterocycles. The SMILES string of the molecule is C(=N\N=C\c1ccccc1P(c1ccccc1)c1ccccc1)/c1ccccc1P(c1ccccc1)c1ccccc1. The standard InChI is InChI=1S/C38H30N2P2/c1-5-19-33(20-6-1)41(34-21-7-2-8-22-34)37-27-15-13-17-31(37)29-39-40-30-32-18-14-16-28-38(32)42(35-23-9-3-10-24-35)36-25-11-4-12-26-36/h1-30H/b39-29+,40-30+. The molecule has 202 valence electrons. The summed E-state index contributed by atoms with van der Waals surface area (Å²) < 4.78 is 0. The minimum atomic E-state index is -0.737. The Morgan fingerprint density at radius 2 is 0.571 bits per heavy atom. The quantitative estimate of drug-likeness (QED) is 0.105. The molecule has 6 rings (SSSR count). The maximum absolute atomic E-state index is 4.58. The molecular formula is C38H30N2P2. The van der Waals surface area contributed by atoms with Crippen LogP contribution in [0.4, 0.5) is 0 Å². The number of hydrogen-bond acceptors (Lipinski definition) is 2. The Kier molecular flexibility index (Phi) is 9.18. The Labute approximate surface area is 250 Å². The van der Waals surface area contributed by atoms with E-state index in [9.17, 15) is 0 Å². The highest BCUT2D eigenvalue weighted by molar-refractivity contribution is 7.80. The van der Waals surface area contributed by atoms with E-state index < -0.39 is 15.8 Å². The number of hydrogen-bond donors (Lipinski definition) is 0. The summed E-state index contributed by atoms with van der Waals surface area (Å²) in [4.78, 5) is 0. The van der Waals surface area contributed by atoms with Gasteiger partial charge in [0.2, 0.25) is 0 Å². The van der Waals surface area contributed by atoms with E-state index in [-0.39, 0.29) is 0 Å². The van der Waals surface area contributed by atoms with Gasteiger partial charge in [0.15, 0.2) is 0 Å². The molecule has 0 aliphatic rings. The van der Waals surface area contributed by atoms with E-state index in [4.69, 9.17) is 0 Å². The van der Waals surface area contributed by atoms with Gasteiger partial charge in [0, 0.05) is 11.1 Å². The molecule has 4 heteroatoms. The van der Waals surface area contributed by atoms with E-state index in [1.807, 2.05) is 12.4 Å². The van der Waals surface area contributed by atoms with E-state index in [1.165, 1.54) is 31.8 Å². The van der Waals surface area contributed by atoms with Crippen LogP contribution in [0, 0.1) is 0 Å². The van der Waals surface area contributed by atoms with Gasteiger partial charge in [-0.3, -0.25) is 0 Å². The molecule has 0 fully saturated rings. The summed E-state index contributed by atoms with van der Waals surface area (Å²) in [5, 5.41) is 16.9. The molecule has 6 aromatic carbocycles. The van der Waals surface area contributed by atoms with Gasteiger partial charge in [0.1, 0.15) is 0 Å². The first-order chi connectivity index (χ1) is 20.9. The van der Waals surface area contributed by atoms with Crippen molar-refractivity contribution in [3.05, 3.63) is 181 Å². The van der Waals surface area contributed by atoms with E-state index in [0.717, 1.165) is 11.1 Å². The summed E-state index contributed by atoms with van der Waals surface area (Å²) in [6.45, 7) is 0. The molecule has 0 radical (unpaired) electrons. The van der Waals surface area contributed by atoms with Gasteiger partial charge < -0.3 is 0 Å². The van der Waals surface area contributed by atoms with E-state index in [1.54, 1.807) is 0 Å². The molecule has 6 aromatic rings. The van der Waals surface area contributed by atoms with Crippen LogP contribution in [-0.4, -0.2) is 12.4 Å². The molecule has 0 aliphatic heterocycles. The zero-order valence-corrected chi connectivity index (χ0v) is 24.9. The monoisotopic (exact) mass is 576 g/mol. The average molecular weight is 577 g/mol. The third-order valence-electron chi connectivity index (χ3n) is 6.87. The maximum atomic E-state index is 4.58. The molecule has 0 bridgehead atoms. The molecule has 0 spiro atoms. The summed E-state index contributed by atoms with van der Waals surface area (Å²) in [6.07, 6.45) is 3.79. The first kappa shape index (κ1) is 27.7. The van der Waals surface area contributed by atoms with Crippen LogP contribution in [0.3, 0.4) is 0 Å². The fourth-order valence-electron chi connectivity index (χ4n) is 4.95. The smallest absolute Gasteiger partial charge is 0.0574 e. The molecule has 0 saturated heterocycles. The second-order valence-electron chi connectivity index (χ2n) is 9.62. The van der Waals surface area contributed by atoms with Gasteiger partial charge >= 0.3 is 0 Å². The number of benzene rings is 6. The summed E-state index contributed by atoms with van der Waals surface area (Å²) in [7, 11) is -1.47. The van der Waals surface area contributed by atoms with Gasteiger partial charge in [-0.1, -0.05) is 170 Å². The van der Waals surface area contributed by atoms with Crippen LogP contribution in [0.25, 0.3) is 0 Å². The molecule has 42 heavy (non-hydrogen) atoms. The van der Waals surface area contributed by atoms with E-state index in [0.29, 0.717) is 0 Å². The van der Waals surface area contributed by atoms with Crippen molar-refractivity contribution >= 4 is 60.1 Å². The van der Waals surface area contributed by atoms with Crippen molar-refractivity contribution < 1.29 is 0 Å². The van der Waals surface area contributed by atoms with Crippen LogP contribution >= 0.6 is 15.8 Å². The van der Waals surface area contributed by atoms with Crippen molar-refractivity contribution in [3.63, 3.8) is 0 Å². The van der Waals surface area contributed by atoms with E-state index >= 15 is 0 Å². The largest absolute Gasteiger partial charge is 0.158 e. The van der Waals surface area contributed by atoms with Crippen LogP contribution in [0.15, 0.2) is 180 Å². The third kappa shape index (κ3) is 6.53. The number of rotatable bonds is 9. The van der Waals surface area contributed by atoms with Gasteiger partial charge in [0.05, 0.1) is 12.4 Å². The molecule has 0 aliphatic carbocycles. The second kappa shape index (κ2) is 13.9. The zero-order valence-electron chi connectivity index (χ0n) is 23.1. The van der Waals surface area contributed by atoms with Crippen molar-refractivity contribution in [2.75, 3.05) is 0 Å². The van der Waals surface area contributed by atoms with Gasteiger partial charge in [-0.25, -0.2) is 0 Å². The first-order valence-electron chi connectivity index (χ1n) is 13.9. The fourth-order valence-corrected chi connectivity index (χ4v) is 9.80. The van der Waals surface area contributed by atoms with Crippen molar-refractivity contribution in [2.24, 2.45) is 10.2 Å². The Balaban J connectivity index is 1.33. The van der Waals surface area contributed by atoms with Gasteiger partial charge in [-0.2, -0.15) is 10.2 Å².